The summed E-state index contributed by atoms with van der Waals surface area (Å²) in [5.41, 5.74) is 10.6. The Morgan fingerprint density at radius 3 is 2.78 bits per heavy atom. The molecule has 0 fully saturated rings. The molecular formula is C4H9N5. The van der Waals surface area contributed by atoms with Crippen molar-refractivity contribution in [2.45, 2.75) is 13.2 Å². The Kier molecular flexibility index (Phi) is 1.35. The average molecular weight is 127 g/mol. The maximum Gasteiger partial charge on any atom is 0.197 e. The second-order valence-corrected chi connectivity index (χ2v) is 1.76. The zero-order valence-corrected chi connectivity index (χ0v) is 5.13. The second-order valence-electron chi connectivity index (χ2n) is 1.76. The summed E-state index contributed by atoms with van der Waals surface area (Å²) in [4.78, 5) is 7.64. The van der Waals surface area contributed by atoms with Crippen molar-refractivity contribution in [1.82, 2.24) is 5.32 Å². The maximum absolute atomic E-state index is 5.36. The van der Waals surface area contributed by atoms with Crippen LogP contribution in [-0.2, 0) is 0 Å². The molecule has 1 unspecified atom stereocenters. The number of nitrogens with one attached hydrogen (secondary N) is 1. The lowest BCUT2D eigenvalue weighted by Gasteiger charge is -2.14. The van der Waals surface area contributed by atoms with Crippen LogP contribution < -0.4 is 16.8 Å². The minimum Gasteiger partial charge on any atom is -0.370 e. The normalized spacial score (nSPS) is 26.2. The molecule has 0 aliphatic carbocycles. The van der Waals surface area contributed by atoms with Crippen LogP contribution in [0, 0.1) is 0 Å². The summed E-state index contributed by atoms with van der Waals surface area (Å²) in [5, 5.41) is 2.63. The SMILES string of the molecule is CC1=NC(N)NC(N)=N1. The largest absolute Gasteiger partial charge is 0.370 e. The molecule has 5 N–H and O–H groups in total. The molecule has 5 nitrogen and oxygen atoms in total. The van der Waals surface area contributed by atoms with E-state index in [-0.39, 0.29) is 0 Å². The quantitative estimate of drug-likeness (QED) is 0.372. The van der Waals surface area contributed by atoms with E-state index in [4.69, 9.17) is 11.5 Å². The molecule has 1 heterocycles. The van der Waals surface area contributed by atoms with E-state index in [1.807, 2.05) is 0 Å². The smallest absolute Gasteiger partial charge is 0.197 e. The van der Waals surface area contributed by atoms with Gasteiger partial charge in [-0.15, -0.1) is 0 Å². The number of hydrogen-bond donors (Lipinski definition) is 3. The van der Waals surface area contributed by atoms with Gasteiger partial charge in [-0.2, -0.15) is 0 Å². The van der Waals surface area contributed by atoms with Gasteiger partial charge in [0.2, 0.25) is 0 Å². The third-order valence-electron chi connectivity index (χ3n) is 0.904. The summed E-state index contributed by atoms with van der Waals surface area (Å²) < 4.78 is 0. The molecule has 0 spiro atoms. The van der Waals surface area contributed by atoms with Crippen molar-refractivity contribution in [2.75, 3.05) is 0 Å². The Bertz CT molecular complexity index is 170. The molecule has 0 aromatic rings. The van der Waals surface area contributed by atoms with Crippen LogP contribution in [0.5, 0.6) is 0 Å². The van der Waals surface area contributed by atoms with Gasteiger partial charge in [0.1, 0.15) is 5.84 Å². The number of amidine groups is 1. The first-order valence-corrected chi connectivity index (χ1v) is 2.59. The maximum atomic E-state index is 5.36. The predicted molar refractivity (Wildman–Crippen MR) is 35.8 cm³/mol. The van der Waals surface area contributed by atoms with E-state index >= 15 is 0 Å². The molecule has 1 aliphatic heterocycles. The van der Waals surface area contributed by atoms with Gasteiger partial charge in [-0.1, -0.05) is 0 Å². The molecule has 5 heteroatoms. The van der Waals surface area contributed by atoms with Crippen LogP contribution in [0.15, 0.2) is 9.98 Å². The molecule has 0 aromatic heterocycles. The van der Waals surface area contributed by atoms with Gasteiger partial charge in [0.25, 0.3) is 0 Å². The molecule has 0 amide bonds. The Morgan fingerprint density at radius 1 is 1.67 bits per heavy atom. The summed E-state index contributed by atoms with van der Waals surface area (Å²) in [6.45, 7) is 1.74. The van der Waals surface area contributed by atoms with Gasteiger partial charge in [0.15, 0.2) is 12.2 Å². The van der Waals surface area contributed by atoms with E-state index in [2.05, 4.69) is 15.3 Å². The first-order valence-electron chi connectivity index (χ1n) is 2.59. The molecule has 9 heavy (non-hydrogen) atoms. The zero-order chi connectivity index (χ0) is 6.85. The zero-order valence-electron chi connectivity index (χ0n) is 5.13. The minimum atomic E-state index is -0.428. The van der Waals surface area contributed by atoms with Gasteiger partial charge < -0.3 is 11.1 Å². The van der Waals surface area contributed by atoms with E-state index in [1.165, 1.54) is 0 Å². The number of nitrogens with two attached hydrogens (primary N) is 2. The molecule has 50 valence electrons. The van der Waals surface area contributed by atoms with E-state index in [0.717, 1.165) is 0 Å². The Labute approximate surface area is 52.8 Å². The molecule has 1 atom stereocenters. The van der Waals surface area contributed by atoms with Crippen LogP contribution in [0.2, 0.25) is 0 Å². The van der Waals surface area contributed by atoms with Crippen LogP contribution in [0.25, 0.3) is 0 Å². The van der Waals surface area contributed by atoms with Gasteiger partial charge in [-0.05, 0) is 6.92 Å². The molecular weight excluding hydrogens is 118 g/mol. The van der Waals surface area contributed by atoms with Crippen molar-refractivity contribution in [3.8, 4) is 0 Å². The van der Waals surface area contributed by atoms with Gasteiger partial charge in [0.05, 0.1) is 0 Å². The van der Waals surface area contributed by atoms with Gasteiger partial charge in [-0.3, -0.25) is 5.73 Å². The lowest BCUT2D eigenvalue weighted by atomic mass is 10.6. The number of rotatable bonds is 0. The van der Waals surface area contributed by atoms with Crippen LogP contribution >= 0.6 is 0 Å². The highest BCUT2D eigenvalue weighted by Gasteiger charge is 2.05. The highest BCUT2D eigenvalue weighted by atomic mass is 15.3. The fourth-order valence-corrected chi connectivity index (χ4v) is 0.621. The Hall–Kier alpha value is -1.10. The van der Waals surface area contributed by atoms with Crippen LogP contribution in [0.4, 0.5) is 0 Å². The first kappa shape index (κ1) is 6.03. The second kappa shape index (κ2) is 2.02. The summed E-state index contributed by atoms with van der Waals surface area (Å²) >= 11 is 0. The van der Waals surface area contributed by atoms with Gasteiger partial charge >= 0.3 is 0 Å². The van der Waals surface area contributed by atoms with Crippen molar-refractivity contribution in [2.24, 2.45) is 21.5 Å². The van der Waals surface area contributed by atoms with E-state index in [0.29, 0.717) is 11.8 Å². The lowest BCUT2D eigenvalue weighted by molar-refractivity contribution is 0.653. The first-order chi connectivity index (χ1) is 4.18. The van der Waals surface area contributed by atoms with Crippen molar-refractivity contribution in [3.05, 3.63) is 0 Å². The molecule has 0 radical (unpaired) electrons. The van der Waals surface area contributed by atoms with Gasteiger partial charge in [0, 0.05) is 0 Å². The molecule has 1 aliphatic rings. The molecule has 1 rings (SSSR count). The van der Waals surface area contributed by atoms with Crippen molar-refractivity contribution < 1.29 is 0 Å². The minimum absolute atomic E-state index is 0.329. The van der Waals surface area contributed by atoms with E-state index in [1.54, 1.807) is 6.92 Å². The average Bonchev–Trinajstić information content (AvgIpc) is 1.59. The number of guanidine groups is 1. The third-order valence-corrected chi connectivity index (χ3v) is 0.904. The molecule has 0 saturated carbocycles. The fourth-order valence-electron chi connectivity index (χ4n) is 0.621. The van der Waals surface area contributed by atoms with Crippen molar-refractivity contribution in [3.63, 3.8) is 0 Å². The predicted octanol–water partition coefficient (Wildman–Crippen LogP) is -1.43. The fraction of sp³-hybridized carbons (Fsp3) is 0.500. The Morgan fingerprint density at radius 2 is 2.33 bits per heavy atom. The number of aliphatic imine (C=N–C) groups is 2. The van der Waals surface area contributed by atoms with E-state index < -0.39 is 6.29 Å². The van der Waals surface area contributed by atoms with Crippen LogP contribution in [0.1, 0.15) is 6.92 Å². The lowest BCUT2D eigenvalue weighted by Crippen LogP contribution is -2.47. The highest BCUT2D eigenvalue weighted by Crippen LogP contribution is 1.87. The van der Waals surface area contributed by atoms with Crippen LogP contribution in [-0.4, -0.2) is 18.1 Å². The van der Waals surface area contributed by atoms with Crippen molar-refractivity contribution in [1.29, 1.82) is 0 Å². The summed E-state index contributed by atoms with van der Waals surface area (Å²) in [6.07, 6.45) is -0.428. The number of hydrogen-bond acceptors (Lipinski definition) is 5. The Balaban J connectivity index is 2.74. The van der Waals surface area contributed by atoms with Crippen molar-refractivity contribution >= 4 is 11.8 Å². The molecule has 0 saturated heterocycles. The summed E-state index contributed by atoms with van der Waals surface area (Å²) in [7, 11) is 0. The molecule has 0 aromatic carbocycles. The number of nitrogens with zero attached hydrogens (tertiary/aromatic N) is 2. The highest BCUT2D eigenvalue weighted by molar-refractivity contribution is 5.95. The van der Waals surface area contributed by atoms with Gasteiger partial charge in [-0.25, -0.2) is 9.98 Å². The van der Waals surface area contributed by atoms with E-state index in [9.17, 15) is 0 Å². The van der Waals surface area contributed by atoms with Crippen LogP contribution in [0.3, 0.4) is 0 Å². The summed E-state index contributed by atoms with van der Waals surface area (Å²) in [5.74, 6) is 0.939. The summed E-state index contributed by atoms with van der Waals surface area (Å²) in [6, 6.07) is 0. The molecule has 0 bridgehead atoms. The monoisotopic (exact) mass is 127 g/mol. The topological polar surface area (TPSA) is 88.8 Å². The standard InChI is InChI=1S/C4H9N5/c1-2-7-3(5)9-4(6)8-2/h3H,5H2,1H3,(H3,6,7,8,9). The third kappa shape index (κ3) is 1.39.